The molecule has 2 nitrogen and oxygen atoms in total. The molecule has 2 rings (SSSR count). The Morgan fingerprint density at radius 2 is 2.11 bits per heavy atom. The lowest BCUT2D eigenvalue weighted by Crippen LogP contribution is -2.25. The molecule has 0 bridgehead atoms. The summed E-state index contributed by atoms with van der Waals surface area (Å²) < 4.78 is 0. The van der Waals surface area contributed by atoms with E-state index in [4.69, 9.17) is 11.6 Å². The molecule has 0 aliphatic rings. The molecule has 4 heteroatoms. The zero-order chi connectivity index (χ0) is 13.8. The highest BCUT2D eigenvalue weighted by atomic mass is 35.5. The van der Waals surface area contributed by atoms with Crippen LogP contribution in [0.5, 0.6) is 0 Å². The summed E-state index contributed by atoms with van der Waals surface area (Å²) in [6, 6.07) is 9.65. The molecule has 1 aromatic carbocycles. The molecule has 1 N–H and O–H groups in total. The van der Waals surface area contributed by atoms with Gasteiger partial charge in [0.15, 0.2) is 0 Å². The minimum Gasteiger partial charge on any atom is -0.352 e. The van der Waals surface area contributed by atoms with Crippen molar-refractivity contribution in [3.8, 4) is 0 Å². The molecule has 19 heavy (non-hydrogen) atoms. The van der Waals surface area contributed by atoms with Gasteiger partial charge < -0.3 is 5.32 Å². The van der Waals surface area contributed by atoms with Gasteiger partial charge >= 0.3 is 0 Å². The van der Waals surface area contributed by atoms with Crippen LogP contribution < -0.4 is 5.32 Å². The maximum atomic E-state index is 12.0. The largest absolute Gasteiger partial charge is 0.352 e. The van der Waals surface area contributed by atoms with Crippen LogP contribution >= 0.6 is 22.9 Å². The molecule has 0 fully saturated rings. The lowest BCUT2D eigenvalue weighted by atomic mass is 10.1. The van der Waals surface area contributed by atoms with Crippen molar-refractivity contribution in [3.05, 3.63) is 56.2 Å². The van der Waals surface area contributed by atoms with E-state index in [0.717, 1.165) is 32.3 Å². The zero-order valence-corrected chi connectivity index (χ0v) is 12.6. The number of carbonyl (C=O) groups is 1. The van der Waals surface area contributed by atoms with Crippen molar-refractivity contribution < 1.29 is 4.79 Å². The van der Waals surface area contributed by atoms with Gasteiger partial charge in [0, 0.05) is 21.3 Å². The Morgan fingerprint density at radius 3 is 2.74 bits per heavy atom. The third kappa shape index (κ3) is 3.82. The predicted octanol–water partition coefficient (Wildman–Crippen LogP) is 3.99. The summed E-state index contributed by atoms with van der Waals surface area (Å²) in [6.07, 6.45) is 0.786. The van der Waals surface area contributed by atoms with Crippen LogP contribution in [-0.4, -0.2) is 12.5 Å². The first kappa shape index (κ1) is 14.1. The predicted molar refractivity (Wildman–Crippen MR) is 81.3 cm³/mol. The van der Waals surface area contributed by atoms with Crippen molar-refractivity contribution >= 4 is 28.8 Å². The monoisotopic (exact) mass is 293 g/mol. The van der Waals surface area contributed by atoms with E-state index in [2.05, 4.69) is 5.32 Å². The summed E-state index contributed by atoms with van der Waals surface area (Å²) in [5, 5.41) is 3.68. The number of hydrogen-bond donors (Lipinski definition) is 1. The molecule has 0 saturated heterocycles. The summed E-state index contributed by atoms with van der Waals surface area (Å²) in [5.41, 5.74) is 1.92. The van der Waals surface area contributed by atoms with Crippen molar-refractivity contribution in [2.75, 3.05) is 6.54 Å². The third-order valence-corrected chi connectivity index (χ3v) is 4.07. The molecule has 0 unspecified atom stereocenters. The first-order valence-corrected chi connectivity index (χ1v) is 7.35. The minimum absolute atomic E-state index is 0.00359. The van der Waals surface area contributed by atoms with Gasteiger partial charge in [-0.15, -0.1) is 11.3 Å². The maximum absolute atomic E-state index is 12.0. The average Bonchev–Trinajstić information content (AvgIpc) is 2.68. The number of carbonyl (C=O) groups excluding carboxylic acids is 1. The average molecular weight is 294 g/mol. The Hall–Kier alpha value is -1.32. The van der Waals surface area contributed by atoms with Crippen LogP contribution in [0.3, 0.4) is 0 Å². The Morgan fingerprint density at radius 1 is 1.32 bits per heavy atom. The summed E-state index contributed by atoms with van der Waals surface area (Å²) >= 11 is 7.57. The first-order chi connectivity index (χ1) is 9.06. The van der Waals surface area contributed by atoms with Gasteiger partial charge in [-0.1, -0.05) is 23.7 Å². The van der Waals surface area contributed by atoms with Crippen LogP contribution in [0.1, 0.15) is 25.7 Å². The van der Waals surface area contributed by atoms with E-state index in [1.165, 1.54) is 0 Å². The number of thiophene rings is 1. The van der Waals surface area contributed by atoms with Crippen LogP contribution in [0.25, 0.3) is 0 Å². The van der Waals surface area contributed by atoms with Crippen LogP contribution in [0.4, 0.5) is 0 Å². The highest BCUT2D eigenvalue weighted by Gasteiger charge is 2.10. The molecule has 0 aliphatic heterocycles. The Bertz CT molecular complexity index is 592. The second-order valence-corrected chi connectivity index (χ2v) is 6.36. The number of benzene rings is 1. The third-order valence-electron chi connectivity index (χ3n) is 2.87. The smallest absolute Gasteiger partial charge is 0.252 e. The van der Waals surface area contributed by atoms with Crippen molar-refractivity contribution in [2.45, 2.75) is 20.3 Å². The molecular weight excluding hydrogens is 278 g/mol. The molecule has 1 amide bonds. The molecule has 2 aromatic rings. The molecule has 0 radical (unpaired) electrons. The molecule has 0 aliphatic carbocycles. The fourth-order valence-corrected chi connectivity index (χ4v) is 3.10. The molecular formula is C15H16ClNOS. The normalized spacial score (nSPS) is 10.5. The number of aryl methyl sites for hydroxylation is 2. The quantitative estimate of drug-likeness (QED) is 0.907. The van der Waals surface area contributed by atoms with Gasteiger partial charge in [0.1, 0.15) is 0 Å². The fourth-order valence-electron chi connectivity index (χ4n) is 1.96. The van der Waals surface area contributed by atoms with E-state index >= 15 is 0 Å². The molecule has 0 spiro atoms. The maximum Gasteiger partial charge on any atom is 0.252 e. The molecule has 0 saturated carbocycles. The van der Waals surface area contributed by atoms with E-state index in [9.17, 15) is 4.79 Å². The van der Waals surface area contributed by atoms with Gasteiger partial charge in [-0.05, 0) is 44.0 Å². The second kappa shape index (κ2) is 6.22. The summed E-state index contributed by atoms with van der Waals surface area (Å²) in [4.78, 5) is 14.2. The number of hydrogen-bond acceptors (Lipinski definition) is 2. The molecule has 100 valence electrons. The Kier molecular flexibility index (Phi) is 4.61. The van der Waals surface area contributed by atoms with Crippen LogP contribution in [0.15, 0.2) is 30.3 Å². The van der Waals surface area contributed by atoms with E-state index < -0.39 is 0 Å². The lowest BCUT2D eigenvalue weighted by molar-refractivity contribution is 0.0954. The van der Waals surface area contributed by atoms with Gasteiger partial charge in [0.2, 0.25) is 0 Å². The standard InChI is InChI=1S/C15H16ClNOS/c1-10-8-14(11(2)19-10)15(18)17-7-6-12-4-3-5-13(16)9-12/h3-5,8-9H,6-7H2,1-2H3,(H,17,18). The van der Waals surface area contributed by atoms with Gasteiger partial charge in [0.05, 0.1) is 5.56 Å². The van der Waals surface area contributed by atoms with E-state index in [1.807, 2.05) is 44.2 Å². The minimum atomic E-state index is 0.00359. The SMILES string of the molecule is Cc1cc(C(=O)NCCc2cccc(Cl)c2)c(C)s1. The zero-order valence-electron chi connectivity index (χ0n) is 11.0. The number of halogens is 1. The van der Waals surface area contributed by atoms with Crippen LogP contribution in [-0.2, 0) is 6.42 Å². The highest BCUT2D eigenvalue weighted by Crippen LogP contribution is 2.20. The molecule has 0 atom stereocenters. The topological polar surface area (TPSA) is 29.1 Å². The van der Waals surface area contributed by atoms with Gasteiger partial charge in [-0.2, -0.15) is 0 Å². The van der Waals surface area contributed by atoms with E-state index in [-0.39, 0.29) is 5.91 Å². The summed E-state index contributed by atoms with van der Waals surface area (Å²) in [7, 11) is 0. The summed E-state index contributed by atoms with van der Waals surface area (Å²) in [5.74, 6) is 0.00359. The molecule has 1 aromatic heterocycles. The van der Waals surface area contributed by atoms with Gasteiger partial charge in [-0.3, -0.25) is 4.79 Å². The lowest BCUT2D eigenvalue weighted by Gasteiger charge is -2.05. The van der Waals surface area contributed by atoms with Crippen molar-refractivity contribution in [2.24, 2.45) is 0 Å². The van der Waals surface area contributed by atoms with Crippen molar-refractivity contribution in [1.29, 1.82) is 0 Å². The Balaban J connectivity index is 1.89. The van der Waals surface area contributed by atoms with Crippen molar-refractivity contribution in [1.82, 2.24) is 5.32 Å². The number of nitrogens with one attached hydrogen (secondary N) is 1. The van der Waals surface area contributed by atoms with E-state index in [0.29, 0.717) is 6.54 Å². The van der Waals surface area contributed by atoms with Crippen LogP contribution in [0, 0.1) is 13.8 Å². The van der Waals surface area contributed by atoms with Gasteiger partial charge in [-0.25, -0.2) is 0 Å². The summed E-state index contributed by atoms with van der Waals surface area (Å²) in [6.45, 7) is 4.61. The number of rotatable bonds is 4. The first-order valence-electron chi connectivity index (χ1n) is 6.16. The number of amides is 1. The van der Waals surface area contributed by atoms with Crippen molar-refractivity contribution in [3.63, 3.8) is 0 Å². The highest BCUT2D eigenvalue weighted by molar-refractivity contribution is 7.12. The van der Waals surface area contributed by atoms with E-state index in [1.54, 1.807) is 11.3 Å². The fraction of sp³-hybridized carbons (Fsp3) is 0.267. The molecule has 1 heterocycles. The Labute approximate surface area is 122 Å². The van der Waals surface area contributed by atoms with Gasteiger partial charge in [0.25, 0.3) is 5.91 Å². The van der Waals surface area contributed by atoms with Crippen LogP contribution in [0.2, 0.25) is 5.02 Å². The second-order valence-electron chi connectivity index (χ2n) is 4.46.